The first-order valence-corrected chi connectivity index (χ1v) is 12.1. The van der Waals surface area contributed by atoms with Gasteiger partial charge in [0.25, 0.3) is 15.9 Å². The van der Waals surface area contributed by atoms with Crippen molar-refractivity contribution < 1.29 is 17.9 Å². The number of hydrogen-bond acceptors (Lipinski definition) is 5. The third-order valence-corrected chi connectivity index (χ3v) is 6.63. The van der Waals surface area contributed by atoms with Crippen molar-refractivity contribution in [3.05, 3.63) is 90.0 Å². The molecule has 3 rings (SSSR count). The highest BCUT2D eigenvalue weighted by atomic mass is 32.2. The fraction of sp³-hybridized carbons (Fsp3) is 0.200. The van der Waals surface area contributed by atoms with Crippen molar-refractivity contribution in [2.45, 2.75) is 25.2 Å². The van der Waals surface area contributed by atoms with Crippen LogP contribution in [0.25, 0.3) is 0 Å². The van der Waals surface area contributed by atoms with Crippen LogP contribution >= 0.6 is 0 Å². The van der Waals surface area contributed by atoms with Gasteiger partial charge in [0.15, 0.2) is 0 Å². The van der Waals surface area contributed by atoms with Crippen LogP contribution in [-0.4, -0.2) is 33.7 Å². The molecule has 0 aliphatic heterocycles. The number of rotatable bonds is 10. The maximum atomic E-state index is 13.3. The van der Waals surface area contributed by atoms with Gasteiger partial charge in [0.05, 0.1) is 23.4 Å². The Morgan fingerprint density at radius 2 is 1.64 bits per heavy atom. The lowest BCUT2D eigenvalue weighted by Gasteiger charge is -2.24. The Bertz CT molecular complexity index is 1180. The smallest absolute Gasteiger partial charge is 0.264 e. The lowest BCUT2D eigenvalue weighted by atomic mass is 10.1. The highest BCUT2D eigenvalue weighted by Gasteiger charge is 2.27. The molecule has 0 bridgehead atoms. The summed E-state index contributed by atoms with van der Waals surface area (Å²) in [7, 11) is -3.95. The molecule has 0 spiro atoms. The molecule has 33 heavy (non-hydrogen) atoms. The summed E-state index contributed by atoms with van der Waals surface area (Å²) in [4.78, 5) is 12.7. The number of carbonyl (C=O) groups is 1. The van der Waals surface area contributed by atoms with Gasteiger partial charge in [-0.15, -0.1) is 0 Å². The molecule has 3 aromatic carbocycles. The zero-order valence-electron chi connectivity index (χ0n) is 18.6. The lowest BCUT2D eigenvalue weighted by Crippen LogP contribution is -2.39. The Morgan fingerprint density at radius 3 is 2.24 bits per heavy atom. The standard InChI is InChI=1S/C25H27N3O4S/c1-3-20-10-14-22(15-11-20)28(33(30,31)24-8-6-5-7-9-24)19-25(29)27-26-18-21-12-16-23(17-13-21)32-4-2/h5-18H,3-4,19H2,1-2H3,(H,27,29)/b26-18-. The van der Waals surface area contributed by atoms with Gasteiger partial charge < -0.3 is 4.74 Å². The van der Waals surface area contributed by atoms with E-state index in [1.807, 2.05) is 38.1 Å². The van der Waals surface area contributed by atoms with E-state index in [1.54, 1.807) is 42.5 Å². The van der Waals surface area contributed by atoms with Gasteiger partial charge in [-0.1, -0.05) is 37.3 Å². The SMILES string of the molecule is CCOc1ccc(/C=N\NC(=O)CN(c2ccc(CC)cc2)S(=O)(=O)c2ccccc2)cc1. The summed E-state index contributed by atoms with van der Waals surface area (Å²) in [6.07, 6.45) is 2.31. The van der Waals surface area contributed by atoms with Crippen LogP contribution in [0.4, 0.5) is 5.69 Å². The second-order valence-corrected chi connectivity index (χ2v) is 9.00. The largest absolute Gasteiger partial charge is 0.494 e. The fourth-order valence-electron chi connectivity index (χ4n) is 3.09. The molecule has 0 fully saturated rings. The van der Waals surface area contributed by atoms with Gasteiger partial charge in [-0.3, -0.25) is 9.10 Å². The Balaban J connectivity index is 1.77. The number of amides is 1. The summed E-state index contributed by atoms with van der Waals surface area (Å²) in [5.41, 5.74) is 4.65. The third-order valence-electron chi connectivity index (χ3n) is 4.84. The third kappa shape index (κ3) is 6.43. The highest BCUT2D eigenvalue weighted by Crippen LogP contribution is 2.24. The van der Waals surface area contributed by atoms with Crippen LogP contribution in [0, 0.1) is 0 Å². The van der Waals surface area contributed by atoms with Gasteiger partial charge in [-0.05, 0) is 73.0 Å². The van der Waals surface area contributed by atoms with Gasteiger partial charge in [-0.25, -0.2) is 13.8 Å². The summed E-state index contributed by atoms with van der Waals surface area (Å²) in [6, 6.07) is 22.4. The first-order valence-electron chi connectivity index (χ1n) is 10.7. The molecule has 0 radical (unpaired) electrons. The van der Waals surface area contributed by atoms with Gasteiger partial charge in [0, 0.05) is 0 Å². The summed E-state index contributed by atoms with van der Waals surface area (Å²) >= 11 is 0. The van der Waals surface area contributed by atoms with Crippen LogP contribution in [0.5, 0.6) is 5.75 Å². The number of sulfonamides is 1. The van der Waals surface area contributed by atoms with Gasteiger partial charge >= 0.3 is 0 Å². The van der Waals surface area contributed by atoms with E-state index in [2.05, 4.69) is 10.5 Å². The Kier molecular flexibility index (Phi) is 8.21. The fourth-order valence-corrected chi connectivity index (χ4v) is 4.54. The molecule has 0 saturated carbocycles. The minimum Gasteiger partial charge on any atom is -0.494 e. The normalized spacial score (nSPS) is 11.3. The quantitative estimate of drug-likeness (QED) is 0.362. The second-order valence-electron chi connectivity index (χ2n) is 7.14. The molecule has 1 amide bonds. The van der Waals surface area contributed by atoms with Crippen molar-refractivity contribution in [3.63, 3.8) is 0 Å². The summed E-state index contributed by atoms with van der Waals surface area (Å²) in [5, 5.41) is 3.96. The molecular formula is C25H27N3O4S. The van der Waals surface area contributed by atoms with Gasteiger partial charge in [0.2, 0.25) is 0 Å². The van der Waals surface area contributed by atoms with Crippen molar-refractivity contribution in [1.29, 1.82) is 0 Å². The number of benzene rings is 3. The predicted molar refractivity (Wildman–Crippen MR) is 130 cm³/mol. The number of hydrazone groups is 1. The number of nitrogens with zero attached hydrogens (tertiary/aromatic N) is 2. The van der Waals surface area contributed by atoms with E-state index in [0.717, 1.165) is 27.6 Å². The van der Waals surface area contributed by atoms with Crippen LogP contribution in [0.1, 0.15) is 25.0 Å². The molecule has 0 atom stereocenters. The van der Waals surface area contributed by atoms with Crippen LogP contribution < -0.4 is 14.5 Å². The zero-order valence-corrected chi connectivity index (χ0v) is 19.5. The average molecular weight is 466 g/mol. The number of nitrogens with one attached hydrogen (secondary N) is 1. The average Bonchev–Trinajstić information content (AvgIpc) is 2.84. The maximum Gasteiger partial charge on any atom is 0.264 e. The minimum atomic E-state index is -3.95. The number of hydrogen-bond donors (Lipinski definition) is 1. The molecule has 0 aromatic heterocycles. The van der Waals surface area contributed by atoms with Crippen molar-refractivity contribution >= 4 is 27.8 Å². The molecular weight excluding hydrogens is 438 g/mol. The van der Waals surface area contributed by atoms with E-state index in [4.69, 9.17) is 4.74 Å². The minimum absolute atomic E-state index is 0.107. The Hall–Kier alpha value is -3.65. The summed E-state index contributed by atoms with van der Waals surface area (Å²) in [5.74, 6) is 0.186. The molecule has 7 nitrogen and oxygen atoms in total. The molecule has 1 N–H and O–H groups in total. The monoisotopic (exact) mass is 465 g/mol. The summed E-state index contributed by atoms with van der Waals surface area (Å²) < 4.78 is 33.1. The van der Waals surface area contributed by atoms with Gasteiger partial charge in [-0.2, -0.15) is 5.10 Å². The molecule has 0 aliphatic rings. The van der Waals surface area contributed by atoms with E-state index < -0.39 is 22.5 Å². The van der Waals surface area contributed by atoms with E-state index >= 15 is 0 Å². The van der Waals surface area contributed by atoms with Crippen LogP contribution in [0.15, 0.2) is 88.9 Å². The molecule has 3 aromatic rings. The second kappa shape index (κ2) is 11.3. The highest BCUT2D eigenvalue weighted by molar-refractivity contribution is 7.92. The molecule has 8 heteroatoms. The van der Waals surface area contributed by atoms with E-state index in [0.29, 0.717) is 12.3 Å². The Morgan fingerprint density at radius 1 is 0.970 bits per heavy atom. The van der Waals surface area contributed by atoms with E-state index in [-0.39, 0.29) is 4.90 Å². The van der Waals surface area contributed by atoms with Crippen LogP contribution in [-0.2, 0) is 21.2 Å². The van der Waals surface area contributed by atoms with Crippen LogP contribution in [0.2, 0.25) is 0 Å². The first-order chi connectivity index (χ1) is 15.9. The molecule has 0 saturated heterocycles. The molecule has 0 aliphatic carbocycles. The molecule has 0 heterocycles. The summed E-state index contributed by atoms with van der Waals surface area (Å²) in [6.45, 7) is 4.09. The first kappa shape index (κ1) is 24.0. The number of aryl methyl sites for hydroxylation is 1. The number of anilines is 1. The molecule has 172 valence electrons. The van der Waals surface area contributed by atoms with Crippen molar-refractivity contribution in [2.75, 3.05) is 17.5 Å². The topological polar surface area (TPSA) is 88.1 Å². The maximum absolute atomic E-state index is 13.3. The van der Waals surface area contributed by atoms with E-state index in [1.165, 1.54) is 18.3 Å². The molecule has 0 unspecified atom stereocenters. The number of carbonyl (C=O) groups excluding carboxylic acids is 1. The van der Waals surface area contributed by atoms with Crippen molar-refractivity contribution in [1.82, 2.24) is 5.43 Å². The zero-order chi connectivity index (χ0) is 23.7. The Labute approximate surface area is 194 Å². The lowest BCUT2D eigenvalue weighted by molar-refractivity contribution is -0.119. The van der Waals surface area contributed by atoms with E-state index in [9.17, 15) is 13.2 Å². The predicted octanol–water partition coefficient (Wildman–Crippen LogP) is 3.99. The van der Waals surface area contributed by atoms with Crippen molar-refractivity contribution in [2.24, 2.45) is 5.10 Å². The van der Waals surface area contributed by atoms with Gasteiger partial charge in [0.1, 0.15) is 12.3 Å². The number of ether oxygens (including phenoxy) is 1. The van der Waals surface area contributed by atoms with Crippen LogP contribution in [0.3, 0.4) is 0 Å². The van der Waals surface area contributed by atoms with Crippen molar-refractivity contribution in [3.8, 4) is 5.75 Å².